The Morgan fingerprint density at radius 1 is 1.00 bits per heavy atom. The Morgan fingerprint density at radius 3 is 2.26 bits per heavy atom. The van der Waals surface area contributed by atoms with Gasteiger partial charge in [-0.1, -0.05) is 6.07 Å². The zero-order valence-corrected chi connectivity index (χ0v) is 19.9. The van der Waals surface area contributed by atoms with Gasteiger partial charge in [0.05, 0.1) is 64.9 Å². The number of rotatable bonds is 18. The molecule has 0 aromatic heterocycles. The summed E-state index contributed by atoms with van der Waals surface area (Å²) < 4.78 is 20.6. The van der Waals surface area contributed by atoms with Crippen molar-refractivity contribution in [2.24, 2.45) is 16.5 Å². The van der Waals surface area contributed by atoms with Gasteiger partial charge in [-0.15, -0.1) is 0 Å². The Morgan fingerprint density at radius 2 is 1.63 bits per heavy atom. The predicted molar refractivity (Wildman–Crippen MR) is 127 cm³/mol. The molecule has 7 N–H and O–H groups in total. The van der Waals surface area contributed by atoms with Crippen LogP contribution in [-0.4, -0.2) is 94.3 Å². The average Bonchev–Trinajstić information content (AvgIpc) is 2.80. The van der Waals surface area contributed by atoms with Gasteiger partial charge in [0.25, 0.3) is 5.91 Å². The Balaban J connectivity index is 2.14. The van der Waals surface area contributed by atoms with Gasteiger partial charge in [-0.25, -0.2) is 4.99 Å². The Kier molecular flexibility index (Phi) is 15.4. The van der Waals surface area contributed by atoms with Crippen molar-refractivity contribution >= 4 is 29.4 Å². The van der Waals surface area contributed by atoms with Gasteiger partial charge in [0.1, 0.15) is 6.61 Å². The summed E-state index contributed by atoms with van der Waals surface area (Å²) in [5.74, 6) is -1.55. The largest absolute Gasteiger partial charge is 0.463 e. The van der Waals surface area contributed by atoms with Crippen molar-refractivity contribution in [2.45, 2.75) is 19.4 Å². The molecule has 1 aromatic carbocycles. The number of carbonyl (C=O) groups is 3. The van der Waals surface area contributed by atoms with Crippen LogP contribution in [0.5, 0.6) is 0 Å². The number of nitrogens with one attached hydrogen (secondary N) is 2. The number of nitrogens with zero attached hydrogens (tertiary/aromatic N) is 1. The number of guanidine groups is 1. The Labute approximate surface area is 204 Å². The molecule has 2 amide bonds. The van der Waals surface area contributed by atoms with Crippen molar-refractivity contribution < 1.29 is 38.4 Å². The number of benzene rings is 1. The van der Waals surface area contributed by atoms with Gasteiger partial charge in [0, 0.05) is 11.6 Å². The molecule has 1 atom stereocenters. The number of aliphatic imine (C=N–C) groups is 1. The summed E-state index contributed by atoms with van der Waals surface area (Å²) in [5, 5.41) is 13.7. The number of aliphatic hydroxyl groups excluding tert-OH is 1. The topological polar surface area (TPSA) is 197 Å². The highest BCUT2D eigenvalue weighted by Gasteiger charge is 2.14. The predicted octanol–water partition coefficient (Wildman–Crippen LogP) is -1.20. The first-order chi connectivity index (χ1) is 16.8. The first-order valence-corrected chi connectivity index (χ1v) is 11.1. The summed E-state index contributed by atoms with van der Waals surface area (Å²) in [5.41, 5.74) is 11.3. The molecule has 13 heteroatoms. The summed E-state index contributed by atoms with van der Waals surface area (Å²) in [6, 6.07) is 5.80. The molecule has 0 aliphatic rings. The second-order valence-electron chi connectivity index (χ2n) is 7.22. The molecule has 35 heavy (non-hydrogen) atoms. The molecule has 0 bridgehead atoms. The van der Waals surface area contributed by atoms with Gasteiger partial charge >= 0.3 is 5.97 Å². The highest BCUT2D eigenvalue weighted by Crippen LogP contribution is 2.13. The molecule has 0 heterocycles. The first kappa shape index (κ1) is 29.8. The lowest BCUT2D eigenvalue weighted by atomic mass is 10.2. The monoisotopic (exact) mass is 497 g/mol. The third-order valence-electron chi connectivity index (χ3n) is 4.13. The van der Waals surface area contributed by atoms with E-state index in [0.29, 0.717) is 32.1 Å². The first-order valence-electron chi connectivity index (χ1n) is 11.1. The Bertz CT molecular complexity index is 817. The highest BCUT2D eigenvalue weighted by atomic mass is 16.6. The highest BCUT2D eigenvalue weighted by molar-refractivity contribution is 5.97. The molecule has 13 nitrogen and oxygen atoms in total. The van der Waals surface area contributed by atoms with Crippen molar-refractivity contribution in [3.8, 4) is 0 Å². The van der Waals surface area contributed by atoms with E-state index in [0.717, 1.165) is 0 Å². The van der Waals surface area contributed by atoms with Crippen LogP contribution in [0.4, 0.5) is 5.69 Å². The fraction of sp³-hybridized carbons (Fsp3) is 0.545. The van der Waals surface area contributed by atoms with E-state index in [2.05, 4.69) is 15.6 Å². The number of aliphatic hydroxyl groups is 1. The van der Waals surface area contributed by atoms with Crippen molar-refractivity contribution in [3.63, 3.8) is 0 Å². The minimum Gasteiger partial charge on any atom is -0.463 e. The van der Waals surface area contributed by atoms with Crippen molar-refractivity contribution in [3.05, 3.63) is 29.8 Å². The lowest BCUT2D eigenvalue weighted by molar-refractivity contribution is -0.145. The number of esters is 1. The number of hydrogen-bond donors (Lipinski definition) is 5. The van der Waals surface area contributed by atoms with Crippen LogP contribution in [0.1, 0.15) is 23.7 Å². The minimum absolute atomic E-state index is 0.0236. The van der Waals surface area contributed by atoms with Crippen molar-refractivity contribution in [1.29, 1.82) is 0 Å². The van der Waals surface area contributed by atoms with E-state index in [9.17, 15) is 14.4 Å². The van der Waals surface area contributed by atoms with Crippen LogP contribution in [0.3, 0.4) is 0 Å². The van der Waals surface area contributed by atoms with Gasteiger partial charge < -0.3 is 46.2 Å². The number of hydrogen-bond acceptors (Lipinski definition) is 9. The second-order valence-corrected chi connectivity index (χ2v) is 7.22. The number of carbonyl (C=O) groups excluding carboxylic acids is 3. The maximum Gasteiger partial charge on any atom is 0.307 e. The fourth-order valence-corrected chi connectivity index (χ4v) is 2.64. The maximum absolute atomic E-state index is 12.2. The zero-order valence-electron chi connectivity index (χ0n) is 19.9. The molecule has 0 fully saturated rings. The lowest BCUT2D eigenvalue weighted by Crippen LogP contribution is -2.41. The third-order valence-corrected chi connectivity index (χ3v) is 4.13. The maximum atomic E-state index is 12.2. The molecule has 0 saturated heterocycles. The molecule has 1 unspecified atom stereocenters. The van der Waals surface area contributed by atoms with Crippen LogP contribution >= 0.6 is 0 Å². The van der Waals surface area contributed by atoms with Gasteiger partial charge in [-0.2, -0.15) is 0 Å². The second kappa shape index (κ2) is 18.1. The number of nitrogens with two attached hydrogens (primary N) is 2. The zero-order chi connectivity index (χ0) is 25.9. The normalized spacial score (nSPS) is 11.4. The van der Waals surface area contributed by atoms with E-state index >= 15 is 0 Å². The summed E-state index contributed by atoms with van der Waals surface area (Å²) >= 11 is 0. The van der Waals surface area contributed by atoms with Crippen LogP contribution in [0, 0.1) is 0 Å². The lowest BCUT2D eigenvalue weighted by Gasteiger charge is -2.14. The van der Waals surface area contributed by atoms with E-state index in [1.54, 1.807) is 25.1 Å². The molecule has 1 rings (SSSR count). The fourth-order valence-electron chi connectivity index (χ4n) is 2.64. The molecule has 1 aromatic rings. The van der Waals surface area contributed by atoms with E-state index in [1.165, 1.54) is 6.07 Å². The quantitative estimate of drug-likeness (QED) is 0.0711. The van der Waals surface area contributed by atoms with E-state index in [1.807, 2.05) is 0 Å². The van der Waals surface area contributed by atoms with Crippen molar-refractivity contribution in [2.75, 3.05) is 59.4 Å². The smallest absolute Gasteiger partial charge is 0.307 e. The van der Waals surface area contributed by atoms with Crippen molar-refractivity contribution in [1.82, 2.24) is 10.6 Å². The van der Waals surface area contributed by atoms with Crippen LogP contribution in [0.2, 0.25) is 0 Å². The number of amides is 2. The van der Waals surface area contributed by atoms with E-state index in [4.69, 9.17) is 35.5 Å². The minimum atomic E-state index is -0.487. The average molecular weight is 498 g/mol. The van der Waals surface area contributed by atoms with Gasteiger partial charge in [-0.3, -0.25) is 14.4 Å². The number of ether oxygens (including phenoxy) is 4. The Hall–Kier alpha value is -3.26. The molecule has 0 aliphatic heterocycles. The van der Waals surface area contributed by atoms with E-state index < -0.39 is 23.8 Å². The van der Waals surface area contributed by atoms with Crippen LogP contribution in [0.15, 0.2) is 29.3 Å². The SMILES string of the molecule is CC(CC(=O)OCCOCCOCCOCCO)NC(=O)CNC(=O)c1cccc(N=C(N)N)c1. The van der Waals surface area contributed by atoms with Gasteiger partial charge in [0.2, 0.25) is 5.91 Å². The molecule has 196 valence electrons. The molecule has 0 saturated carbocycles. The van der Waals surface area contributed by atoms with Crippen LogP contribution in [-0.2, 0) is 28.5 Å². The van der Waals surface area contributed by atoms with Gasteiger partial charge in [0.15, 0.2) is 5.96 Å². The standard InChI is InChI=1S/C22H35N5O8/c1-16(13-20(30)35-12-11-34-10-9-33-8-7-32-6-5-28)26-19(29)15-25-21(31)17-3-2-4-18(14-17)27-22(23)24/h2-4,14,16,28H,5-13,15H2,1H3,(H,25,31)(H,26,29)(H4,23,24,27). The summed E-state index contributed by atoms with van der Waals surface area (Å²) in [6.45, 7) is 3.44. The molecular formula is C22H35N5O8. The van der Waals surface area contributed by atoms with Crippen LogP contribution < -0.4 is 22.1 Å². The van der Waals surface area contributed by atoms with Crippen LogP contribution in [0.25, 0.3) is 0 Å². The summed E-state index contributed by atoms with van der Waals surface area (Å²) in [6.07, 6.45) is -0.0306. The summed E-state index contributed by atoms with van der Waals surface area (Å²) in [7, 11) is 0. The summed E-state index contributed by atoms with van der Waals surface area (Å²) in [4.78, 5) is 40.0. The van der Waals surface area contributed by atoms with Gasteiger partial charge in [-0.05, 0) is 25.1 Å². The molecule has 0 spiro atoms. The molecular weight excluding hydrogens is 462 g/mol. The molecule has 0 radical (unpaired) electrons. The third kappa shape index (κ3) is 15.3. The van der Waals surface area contributed by atoms with E-state index in [-0.39, 0.29) is 50.9 Å². The molecule has 0 aliphatic carbocycles.